The van der Waals surface area contributed by atoms with Crippen LogP contribution in [-0.4, -0.2) is 32.3 Å². The van der Waals surface area contributed by atoms with E-state index in [9.17, 15) is 4.79 Å². The van der Waals surface area contributed by atoms with Crippen LogP contribution in [0.1, 0.15) is 19.4 Å². The number of rotatable bonds is 6. The fraction of sp³-hybridized carbons (Fsp3) is 0.130. The molecule has 1 amide bonds. The summed E-state index contributed by atoms with van der Waals surface area (Å²) in [5, 5.41) is 19.9. The normalized spacial score (nSPS) is 11.9. The van der Waals surface area contributed by atoms with Gasteiger partial charge in [-0.2, -0.15) is 5.10 Å². The van der Waals surface area contributed by atoms with Gasteiger partial charge in [0.1, 0.15) is 0 Å². The molecule has 0 unspecified atom stereocenters. The zero-order valence-corrected chi connectivity index (χ0v) is 16.8. The van der Waals surface area contributed by atoms with Crippen LogP contribution in [0.15, 0.2) is 60.9 Å². The second-order valence-electron chi connectivity index (χ2n) is 7.38. The molecule has 7 nitrogen and oxygen atoms in total. The molecule has 0 bridgehead atoms. The Balaban J connectivity index is 1.72. The quantitative estimate of drug-likeness (QED) is 0.285. The first kappa shape index (κ1) is 19.3. The first-order chi connectivity index (χ1) is 14.5. The Labute approximate surface area is 173 Å². The van der Waals surface area contributed by atoms with E-state index in [0.717, 1.165) is 33.2 Å². The van der Waals surface area contributed by atoms with E-state index < -0.39 is 0 Å². The number of carbonyl (C=O) groups is 1. The average molecular weight is 398 g/mol. The van der Waals surface area contributed by atoms with Crippen molar-refractivity contribution in [2.75, 3.05) is 0 Å². The lowest BCUT2D eigenvalue weighted by atomic mass is 10.1. The molecule has 7 heteroatoms. The van der Waals surface area contributed by atoms with Gasteiger partial charge in [-0.15, -0.1) is 0 Å². The molecule has 0 fully saturated rings. The van der Waals surface area contributed by atoms with E-state index in [1.807, 2.05) is 44.2 Å². The molecule has 0 saturated heterocycles. The molecule has 4 N–H and O–H groups in total. The van der Waals surface area contributed by atoms with Gasteiger partial charge in [0.2, 0.25) is 5.91 Å². The van der Waals surface area contributed by atoms with Crippen molar-refractivity contribution in [1.82, 2.24) is 25.5 Å². The number of fused-ring (bicyclic) bond motifs is 2. The predicted molar refractivity (Wildman–Crippen MR) is 120 cm³/mol. The lowest BCUT2D eigenvalue weighted by molar-refractivity contribution is -0.123. The molecule has 150 valence electrons. The van der Waals surface area contributed by atoms with Gasteiger partial charge >= 0.3 is 0 Å². The van der Waals surface area contributed by atoms with Gasteiger partial charge in [-0.25, -0.2) is 4.98 Å². The molecular formula is C23H22N6O. The van der Waals surface area contributed by atoms with E-state index >= 15 is 0 Å². The van der Waals surface area contributed by atoms with Gasteiger partial charge < -0.3 is 15.7 Å². The van der Waals surface area contributed by atoms with Gasteiger partial charge in [-0.1, -0.05) is 38.6 Å². The van der Waals surface area contributed by atoms with Crippen molar-refractivity contribution in [3.8, 4) is 11.4 Å². The zero-order valence-electron chi connectivity index (χ0n) is 16.8. The summed E-state index contributed by atoms with van der Waals surface area (Å²) in [6.07, 6.45) is 4.55. The van der Waals surface area contributed by atoms with E-state index in [0.29, 0.717) is 16.9 Å². The van der Waals surface area contributed by atoms with Crippen LogP contribution in [0.5, 0.6) is 0 Å². The smallest absolute Gasteiger partial charge is 0.226 e. The van der Waals surface area contributed by atoms with Crippen molar-refractivity contribution in [3.63, 3.8) is 0 Å². The maximum Gasteiger partial charge on any atom is 0.226 e. The number of H-pyrrole nitrogens is 2. The Morgan fingerprint density at radius 3 is 2.80 bits per heavy atom. The van der Waals surface area contributed by atoms with Crippen molar-refractivity contribution < 1.29 is 4.79 Å². The van der Waals surface area contributed by atoms with Crippen LogP contribution in [0.4, 0.5) is 0 Å². The van der Waals surface area contributed by atoms with Crippen LogP contribution in [0.25, 0.3) is 38.9 Å². The minimum atomic E-state index is -0.151. The number of pyridine rings is 1. The number of allylic oxidation sites excluding steroid dienone is 2. The van der Waals surface area contributed by atoms with E-state index in [2.05, 4.69) is 38.1 Å². The molecule has 4 rings (SSSR count). The fourth-order valence-corrected chi connectivity index (χ4v) is 3.21. The number of aromatic amines is 2. The second kappa shape index (κ2) is 7.79. The predicted octanol–water partition coefficient (Wildman–Crippen LogP) is 4.43. The molecule has 0 aliphatic carbocycles. The van der Waals surface area contributed by atoms with Crippen molar-refractivity contribution in [2.45, 2.75) is 13.8 Å². The number of nitrogens with zero attached hydrogens (tertiary/aromatic N) is 2. The third-order valence-corrected chi connectivity index (χ3v) is 4.84. The lowest BCUT2D eigenvalue weighted by Gasteiger charge is -2.09. The summed E-state index contributed by atoms with van der Waals surface area (Å²) < 4.78 is 0. The van der Waals surface area contributed by atoms with Gasteiger partial charge in [-0.05, 0) is 24.3 Å². The first-order valence-corrected chi connectivity index (χ1v) is 9.61. The third-order valence-electron chi connectivity index (χ3n) is 4.84. The summed E-state index contributed by atoms with van der Waals surface area (Å²) in [7, 11) is 0. The molecule has 0 atom stereocenters. The van der Waals surface area contributed by atoms with Crippen LogP contribution in [-0.2, 0) is 4.79 Å². The fourth-order valence-electron chi connectivity index (χ4n) is 3.21. The Bertz CT molecular complexity index is 1270. The average Bonchev–Trinajstić information content (AvgIpc) is 3.34. The van der Waals surface area contributed by atoms with Crippen molar-refractivity contribution in [3.05, 3.63) is 66.5 Å². The molecule has 30 heavy (non-hydrogen) atoms. The van der Waals surface area contributed by atoms with Gasteiger partial charge in [0.15, 0.2) is 5.65 Å². The van der Waals surface area contributed by atoms with E-state index in [-0.39, 0.29) is 11.8 Å². The lowest BCUT2D eigenvalue weighted by Crippen LogP contribution is -2.26. The van der Waals surface area contributed by atoms with Gasteiger partial charge in [0.05, 0.1) is 11.4 Å². The monoisotopic (exact) mass is 398 g/mol. The highest BCUT2D eigenvalue weighted by Gasteiger charge is 2.13. The van der Waals surface area contributed by atoms with Crippen molar-refractivity contribution >= 4 is 39.6 Å². The van der Waals surface area contributed by atoms with Crippen molar-refractivity contribution in [1.29, 1.82) is 5.41 Å². The Morgan fingerprint density at radius 2 is 2.07 bits per heavy atom. The topological polar surface area (TPSA) is 110 Å². The first-order valence-electron chi connectivity index (χ1n) is 9.61. The van der Waals surface area contributed by atoms with Crippen LogP contribution in [0.3, 0.4) is 0 Å². The number of aromatic nitrogens is 4. The molecule has 1 aromatic carbocycles. The summed E-state index contributed by atoms with van der Waals surface area (Å²) in [6, 6.07) is 12.0. The number of hydrogen-bond donors (Lipinski definition) is 4. The van der Waals surface area contributed by atoms with E-state index in [1.165, 1.54) is 6.21 Å². The number of para-hydroxylation sites is 1. The number of nitrogens with one attached hydrogen (secondary N) is 4. The Hall–Kier alpha value is -4.00. The minimum Gasteiger partial charge on any atom is -0.353 e. The van der Waals surface area contributed by atoms with Crippen LogP contribution in [0.2, 0.25) is 0 Å². The molecule has 4 aromatic rings. The molecule has 3 aromatic heterocycles. The van der Waals surface area contributed by atoms with Crippen LogP contribution < -0.4 is 5.32 Å². The molecule has 0 aliphatic rings. The summed E-state index contributed by atoms with van der Waals surface area (Å²) >= 11 is 0. The maximum atomic E-state index is 11.9. The van der Waals surface area contributed by atoms with Crippen LogP contribution in [0, 0.1) is 11.3 Å². The third kappa shape index (κ3) is 3.65. The number of amides is 1. The molecule has 0 aliphatic heterocycles. The van der Waals surface area contributed by atoms with Gasteiger partial charge in [-0.3, -0.25) is 9.89 Å². The number of carbonyl (C=O) groups excluding carboxylic acids is 1. The van der Waals surface area contributed by atoms with Crippen molar-refractivity contribution in [2.24, 2.45) is 5.92 Å². The summed E-state index contributed by atoms with van der Waals surface area (Å²) in [5.41, 5.74) is 5.10. The Kier molecular flexibility index (Phi) is 5.02. The molecular weight excluding hydrogens is 376 g/mol. The zero-order chi connectivity index (χ0) is 21.3. The summed E-state index contributed by atoms with van der Waals surface area (Å²) in [4.78, 5) is 19.7. The highest BCUT2D eigenvalue weighted by atomic mass is 16.1. The molecule has 0 radical (unpaired) electrons. The SMILES string of the molecule is C=C(/C=C(\C=N)c1cnc2n[nH]c(-c3cc4ccccc4[nH]3)c2c1)NC(=O)C(C)C. The largest absolute Gasteiger partial charge is 0.353 e. The van der Waals surface area contributed by atoms with Gasteiger partial charge in [0.25, 0.3) is 0 Å². The number of hydrogen-bond acceptors (Lipinski definition) is 4. The minimum absolute atomic E-state index is 0.120. The number of benzene rings is 1. The van der Waals surface area contributed by atoms with E-state index in [1.54, 1.807) is 12.3 Å². The highest BCUT2D eigenvalue weighted by Crippen LogP contribution is 2.29. The van der Waals surface area contributed by atoms with E-state index in [4.69, 9.17) is 5.41 Å². The van der Waals surface area contributed by atoms with Crippen LogP contribution >= 0.6 is 0 Å². The highest BCUT2D eigenvalue weighted by molar-refractivity contribution is 6.10. The molecule has 0 saturated carbocycles. The Morgan fingerprint density at radius 1 is 1.27 bits per heavy atom. The molecule has 3 heterocycles. The summed E-state index contributed by atoms with van der Waals surface area (Å²) in [5.74, 6) is -0.272. The van der Waals surface area contributed by atoms with Gasteiger partial charge in [0, 0.05) is 51.5 Å². The molecule has 0 spiro atoms. The maximum absolute atomic E-state index is 11.9. The standard InChI is InChI=1S/C23H22N6O/c1-13(2)23(30)26-14(3)8-16(11-24)17-9-18-21(28-29-22(18)25-12-17)20-10-15-6-4-5-7-19(15)27-20/h4-13,24,27H,3H2,1-2H3,(H,26,30)(H,25,28,29)/b16-8+,24-11?. The summed E-state index contributed by atoms with van der Waals surface area (Å²) in [6.45, 7) is 7.50. The second-order valence-corrected chi connectivity index (χ2v) is 7.38.